The molecule has 0 saturated carbocycles. The first-order valence-corrected chi connectivity index (χ1v) is 6.43. The maximum atomic E-state index is 9.22. The number of ether oxygens (including phenoxy) is 2. The second kappa shape index (κ2) is 6.07. The van der Waals surface area contributed by atoms with Gasteiger partial charge in [-0.3, -0.25) is 0 Å². The van der Waals surface area contributed by atoms with Crippen molar-refractivity contribution in [1.29, 1.82) is 0 Å². The van der Waals surface area contributed by atoms with Gasteiger partial charge in [-0.2, -0.15) is 0 Å². The molecule has 1 aliphatic heterocycles. The average molecular weight is 251 g/mol. The molecule has 4 nitrogen and oxygen atoms in total. The van der Waals surface area contributed by atoms with Crippen molar-refractivity contribution in [2.45, 2.75) is 26.3 Å². The van der Waals surface area contributed by atoms with Gasteiger partial charge in [0.25, 0.3) is 0 Å². The van der Waals surface area contributed by atoms with Crippen molar-refractivity contribution in [2.24, 2.45) is 5.92 Å². The van der Waals surface area contributed by atoms with E-state index in [1.54, 1.807) is 0 Å². The van der Waals surface area contributed by atoms with Gasteiger partial charge in [0, 0.05) is 6.04 Å². The zero-order valence-corrected chi connectivity index (χ0v) is 11.0. The van der Waals surface area contributed by atoms with E-state index in [0.29, 0.717) is 12.7 Å². The number of aliphatic hydroxyl groups is 1. The lowest BCUT2D eigenvalue weighted by molar-refractivity contribution is 0.174. The maximum Gasteiger partial charge on any atom is 0.231 e. The van der Waals surface area contributed by atoms with Gasteiger partial charge >= 0.3 is 0 Å². The fraction of sp³-hybridized carbons (Fsp3) is 0.571. The van der Waals surface area contributed by atoms with E-state index in [9.17, 15) is 5.11 Å². The molecule has 1 heterocycles. The van der Waals surface area contributed by atoms with E-state index in [0.717, 1.165) is 24.5 Å². The van der Waals surface area contributed by atoms with E-state index >= 15 is 0 Å². The van der Waals surface area contributed by atoms with Crippen LogP contribution < -0.4 is 14.8 Å². The fourth-order valence-corrected chi connectivity index (χ4v) is 2.01. The van der Waals surface area contributed by atoms with Gasteiger partial charge in [0.15, 0.2) is 11.5 Å². The molecule has 4 heteroatoms. The van der Waals surface area contributed by atoms with Crippen molar-refractivity contribution < 1.29 is 14.6 Å². The molecule has 1 aromatic rings. The molecule has 1 unspecified atom stereocenters. The van der Waals surface area contributed by atoms with Gasteiger partial charge in [0.05, 0.1) is 6.61 Å². The number of hydrogen-bond acceptors (Lipinski definition) is 4. The van der Waals surface area contributed by atoms with Gasteiger partial charge in [-0.25, -0.2) is 0 Å². The van der Waals surface area contributed by atoms with Gasteiger partial charge in [-0.1, -0.05) is 19.9 Å². The van der Waals surface area contributed by atoms with Gasteiger partial charge in [0.1, 0.15) is 0 Å². The van der Waals surface area contributed by atoms with E-state index in [1.807, 2.05) is 12.1 Å². The lowest BCUT2D eigenvalue weighted by atomic mass is 10.0. The van der Waals surface area contributed by atoms with Crippen LogP contribution in [0.3, 0.4) is 0 Å². The number of hydrogen-bond donors (Lipinski definition) is 2. The summed E-state index contributed by atoms with van der Waals surface area (Å²) < 4.78 is 10.6. The van der Waals surface area contributed by atoms with Crippen LogP contribution in [-0.2, 0) is 6.42 Å². The Labute approximate surface area is 108 Å². The minimum absolute atomic E-state index is 0.166. The van der Waals surface area contributed by atoms with Gasteiger partial charge in [0.2, 0.25) is 6.79 Å². The summed E-state index contributed by atoms with van der Waals surface area (Å²) >= 11 is 0. The minimum atomic E-state index is 0.166. The Morgan fingerprint density at radius 3 is 2.78 bits per heavy atom. The van der Waals surface area contributed by atoms with Crippen molar-refractivity contribution >= 4 is 0 Å². The van der Waals surface area contributed by atoms with Crippen LogP contribution in [-0.4, -0.2) is 31.1 Å². The van der Waals surface area contributed by atoms with Crippen LogP contribution in [0.2, 0.25) is 0 Å². The molecular formula is C14H21NO3. The molecule has 1 atom stereocenters. The summed E-state index contributed by atoms with van der Waals surface area (Å²) in [5.74, 6) is 2.09. The number of benzene rings is 1. The molecule has 0 spiro atoms. The van der Waals surface area contributed by atoms with Crippen LogP contribution in [0.5, 0.6) is 11.5 Å². The number of rotatable bonds is 6. The zero-order valence-electron chi connectivity index (χ0n) is 11.0. The zero-order chi connectivity index (χ0) is 13.0. The van der Waals surface area contributed by atoms with E-state index in [2.05, 4.69) is 25.2 Å². The molecule has 2 N–H and O–H groups in total. The maximum absolute atomic E-state index is 9.22. The lowest BCUT2D eigenvalue weighted by Crippen LogP contribution is -2.38. The van der Waals surface area contributed by atoms with E-state index in [4.69, 9.17) is 9.47 Å². The standard InChI is InChI=1S/C14H21NO3/c1-10(2)12(8-16)15-6-5-11-3-4-13-14(7-11)18-9-17-13/h3-4,7,10,12,15-16H,5-6,8-9H2,1-2H3. The van der Waals surface area contributed by atoms with Crippen LogP contribution in [0.4, 0.5) is 0 Å². The Morgan fingerprint density at radius 1 is 1.28 bits per heavy atom. The smallest absolute Gasteiger partial charge is 0.231 e. The molecule has 2 rings (SSSR count). The molecule has 0 bridgehead atoms. The topological polar surface area (TPSA) is 50.7 Å². The average Bonchev–Trinajstić information content (AvgIpc) is 2.81. The van der Waals surface area contributed by atoms with Crippen LogP contribution in [0.25, 0.3) is 0 Å². The first-order valence-electron chi connectivity index (χ1n) is 6.43. The highest BCUT2D eigenvalue weighted by atomic mass is 16.7. The second-order valence-corrected chi connectivity index (χ2v) is 4.92. The summed E-state index contributed by atoms with van der Waals surface area (Å²) in [5.41, 5.74) is 1.21. The molecule has 0 radical (unpaired) electrons. The van der Waals surface area contributed by atoms with Crippen molar-refractivity contribution in [3.63, 3.8) is 0 Å². The normalized spacial score (nSPS) is 15.1. The number of aliphatic hydroxyl groups excluding tert-OH is 1. The highest BCUT2D eigenvalue weighted by Gasteiger charge is 2.14. The lowest BCUT2D eigenvalue weighted by Gasteiger charge is -2.19. The molecule has 0 aromatic heterocycles. The molecule has 0 fully saturated rings. The van der Waals surface area contributed by atoms with Gasteiger partial charge in [-0.05, 0) is 36.6 Å². The Bertz CT molecular complexity index is 393. The molecule has 100 valence electrons. The summed E-state index contributed by atoms with van der Waals surface area (Å²) in [6.07, 6.45) is 0.917. The first-order chi connectivity index (χ1) is 8.70. The van der Waals surface area contributed by atoms with Crippen LogP contribution in [0, 0.1) is 5.92 Å². The highest BCUT2D eigenvalue weighted by Crippen LogP contribution is 2.32. The van der Waals surface area contributed by atoms with Crippen molar-refractivity contribution in [2.75, 3.05) is 19.9 Å². The Balaban J connectivity index is 1.83. The molecule has 1 aromatic carbocycles. The summed E-state index contributed by atoms with van der Waals surface area (Å²) in [6.45, 7) is 5.56. The molecule has 18 heavy (non-hydrogen) atoms. The first kappa shape index (κ1) is 13.2. The molecule has 0 saturated heterocycles. The SMILES string of the molecule is CC(C)C(CO)NCCc1ccc2c(c1)OCO2. The minimum Gasteiger partial charge on any atom is -0.454 e. The molecule has 0 aliphatic carbocycles. The molecular weight excluding hydrogens is 230 g/mol. The Kier molecular flexibility index (Phi) is 4.44. The summed E-state index contributed by atoms with van der Waals surface area (Å²) in [5, 5.41) is 12.6. The predicted octanol–water partition coefficient (Wildman–Crippen LogP) is 1.56. The van der Waals surface area contributed by atoms with Crippen LogP contribution in [0.1, 0.15) is 19.4 Å². The molecule has 1 aliphatic rings. The summed E-state index contributed by atoms with van der Waals surface area (Å²) in [4.78, 5) is 0. The largest absolute Gasteiger partial charge is 0.454 e. The summed E-state index contributed by atoms with van der Waals surface area (Å²) in [7, 11) is 0. The van der Waals surface area contributed by atoms with Crippen molar-refractivity contribution in [1.82, 2.24) is 5.32 Å². The van der Waals surface area contributed by atoms with Crippen molar-refractivity contribution in [3.8, 4) is 11.5 Å². The van der Waals surface area contributed by atoms with Gasteiger partial charge < -0.3 is 19.9 Å². The number of fused-ring (bicyclic) bond motifs is 1. The third-order valence-corrected chi connectivity index (χ3v) is 3.26. The predicted molar refractivity (Wildman–Crippen MR) is 70.0 cm³/mol. The van der Waals surface area contributed by atoms with Crippen LogP contribution >= 0.6 is 0 Å². The summed E-state index contributed by atoms with van der Waals surface area (Å²) in [6, 6.07) is 6.19. The Hall–Kier alpha value is -1.26. The highest BCUT2D eigenvalue weighted by molar-refractivity contribution is 5.44. The monoisotopic (exact) mass is 251 g/mol. The van der Waals surface area contributed by atoms with Crippen molar-refractivity contribution in [3.05, 3.63) is 23.8 Å². The van der Waals surface area contributed by atoms with E-state index in [-0.39, 0.29) is 12.6 Å². The quantitative estimate of drug-likeness (QED) is 0.805. The Morgan fingerprint density at radius 2 is 2.06 bits per heavy atom. The second-order valence-electron chi connectivity index (χ2n) is 4.92. The fourth-order valence-electron chi connectivity index (χ4n) is 2.01. The van der Waals surface area contributed by atoms with E-state index < -0.39 is 0 Å². The third kappa shape index (κ3) is 3.15. The molecule has 0 amide bonds. The number of nitrogens with one attached hydrogen (secondary N) is 1. The van der Waals surface area contributed by atoms with Gasteiger partial charge in [-0.15, -0.1) is 0 Å². The third-order valence-electron chi connectivity index (χ3n) is 3.26. The van der Waals surface area contributed by atoms with E-state index in [1.165, 1.54) is 5.56 Å². The van der Waals surface area contributed by atoms with Crippen LogP contribution in [0.15, 0.2) is 18.2 Å².